The van der Waals surface area contributed by atoms with Crippen molar-refractivity contribution in [3.8, 4) is 0 Å². The third kappa shape index (κ3) is 5.74. The lowest BCUT2D eigenvalue weighted by Crippen LogP contribution is -2.49. The van der Waals surface area contributed by atoms with Crippen LogP contribution in [0.4, 0.5) is 9.59 Å². The number of nitrogens with one attached hydrogen (secondary N) is 2. The molecule has 0 aromatic heterocycles. The molecule has 0 saturated carbocycles. The molecule has 0 atom stereocenters. The average molecular weight is 384 g/mol. The standard InChI is InChI=1S/C16H22BrN3O3/c1-2-23-16(22)20-9-7-14(8-10-20)19-15(21)18-11-12-3-5-13(17)6-4-12/h3-6,14H,2,7-11H2,1H3,(H2,18,19,21). The smallest absolute Gasteiger partial charge is 0.409 e. The monoisotopic (exact) mass is 383 g/mol. The van der Waals surface area contributed by atoms with Crippen LogP contribution in [0, 0.1) is 0 Å². The second-order valence-electron chi connectivity index (χ2n) is 5.41. The normalized spacial score (nSPS) is 15.1. The first-order valence-electron chi connectivity index (χ1n) is 7.79. The Hall–Kier alpha value is -1.76. The van der Waals surface area contributed by atoms with E-state index in [0.29, 0.717) is 26.2 Å². The lowest BCUT2D eigenvalue weighted by molar-refractivity contribution is 0.0957. The number of benzene rings is 1. The summed E-state index contributed by atoms with van der Waals surface area (Å²) in [6.07, 6.45) is 1.21. The minimum Gasteiger partial charge on any atom is -0.450 e. The van der Waals surface area contributed by atoms with Crippen LogP contribution in [0.2, 0.25) is 0 Å². The Morgan fingerprint density at radius 3 is 2.52 bits per heavy atom. The van der Waals surface area contributed by atoms with Gasteiger partial charge in [0.1, 0.15) is 0 Å². The second kappa shape index (κ2) is 8.76. The molecule has 0 spiro atoms. The van der Waals surface area contributed by atoms with Crippen LogP contribution in [0.5, 0.6) is 0 Å². The predicted molar refractivity (Wildman–Crippen MR) is 91.1 cm³/mol. The van der Waals surface area contributed by atoms with E-state index in [4.69, 9.17) is 4.74 Å². The summed E-state index contributed by atoms with van der Waals surface area (Å²) in [7, 11) is 0. The Kier molecular flexibility index (Phi) is 6.70. The second-order valence-corrected chi connectivity index (χ2v) is 6.33. The number of piperidine rings is 1. The Morgan fingerprint density at radius 2 is 1.91 bits per heavy atom. The number of carbonyl (C=O) groups excluding carboxylic acids is 2. The molecule has 1 heterocycles. The number of amides is 3. The van der Waals surface area contributed by atoms with E-state index in [0.717, 1.165) is 22.9 Å². The van der Waals surface area contributed by atoms with Crippen molar-refractivity contribution in [3.63, 3.8) is 0 Å². The van der Waals surface area contributed by atoms with Crippen molar-refractivity contribution in [1.82, 2.24) is 15.5 Å². The highest BCUT2D eigenvalue weighted by atomic mass is 79.9. The molecular weight excluding hydrogens is 362 g/mol. The quantitative estimate of drug-likeness (QED) is 0.839. The van der Waals surface area contributed by atoms with Gasteiger partial charge in [-0.3, -0.25) is 0 Å². The van der Waals surface area contributed by atoms with Crippen LogP contribution in [0.25, 0.3) is 0 Å². The van der Waals surface area contributed by atoms with Gasteiger partial charge in [0.2, 0.25) is 0 Å². The van der Waals surface area contributed by atoms with Crippen LogP contribution in [-0.4, -0.2) is 42.8 Å². The summed E-state index contributed by atoms with van der Waals surface area (Å²) in [4.78, 5) is 25.2. The fourth-order valence-electron chi connectivity index (χ4n) is 2.44. The minimum absolute atomic E-state index is 0.0885. The molecule has 1 aromatic rings. The summed E-state index contributed by atoms with van der Waals surface area (Å²) in [6, 6.07) is 7.72. The van der Waals surface area contributed by atoms with E-state index in [1.807, 2.05) is 24.3 Å². The number of urea groups is 1. The van der Waals surface area contributed by atoms with Crippen LogP contribution < -0.4 is 10.6 Å². The molecule has 3 amide bonds. The van der Waals surface area contributed by atoms with Crippen LogP contribution in [0.15, 0.2) is 28.7 Å². The maximum absolute atomic E-state index is 11.9. The van der Waals surface area contributed by atoms with Crippen LogP contribution >= 0.6 is 15.9 Å². The molecule has 6 nitrogen and oxygen atoms in total. The van der Waals surface area contributed by atoms with E-state index >= 15 is 0 Å². The van der Waals surface area contributed by atoms with E-state index in [9.17, 15) is 9.59 Å². The third-order valence-corrected chi connectivity index (χ3v) is 4.25. The number of ether oxygens (including phenoxy) is 1. The zero-order chi connectivity index (χ0) is 16.7. The summed E-state index contributed by atoms with van der Waals surface area (Å²) in [5, 5.41) is 5.80. The fourth-order valence-corrected chi connectivity index (χ4v) is 2.71. The van der Waals surface area contributed by atoms with Crippen molar-refractivity contribution < 1.29 is 14.3 Å². The van der Waals surface area contributed by atoms with Gasteiger partial charge in [0, 0.05) is 30.1 Å². The van der Waals surface area contributed by atoms with Crippen molar-refractivity contribution in [2.45, 2.75) is 32.4 Å². The van der Waals surface area contributed by atoms with Gasteiger partial charge in [-0.25, -0.2) is 9.59 Å². The van der Waals surface area contributed by atoms with Gasteiger partial charge >= 0.3 is 12.1 Å². The van der Waals surface area contributed by atoms with Crippen molar-refractivity contribution in [3.05, 3.63) is 34.3 Å². The first kappa shape index (κ1) is 17.6. The van der Waals surface area contributed by atoms with E-state index in [1.165, 1.54) is 0 Å². The molecule has 2 N–H and O–H groups in total. The summed E-state index contributed by atoms with van der Waals surface area (Å²) in [6.45, 7) is 3.88. The molecular formula is C16H22BrN3O3. The lowest BCUT2D eigenvalue weighted by Gasteiger charge is -2.31. The van der Waals surface area contributed by atoms with Gasteiger partial charge in [-0.1, -0.05) is 28.1 Å². The van der Waals surface area contributed by atoms with Crippen LogP contribution in [0.3, 0.4) is 0 Å². The number of hydrogen-bond acceptors (Lipinski definition) is 3. The van der Waals surface area contributed by atoms with Gasteiger partial charge < -0.3 is 20.3 Å². The molecule has 1 aromatic carbocycles. The van der Waals surface area contributed by atoms with Crippen molar-refractivity contribution >= 4 is 28.1 Å². The predicted octanol–water partition coefficient (Wildman–Crippen LogP) is 2.87. The van der Waals surface area contributed by atoms with Crippen molar-refractivity contribution in [2.75, 3.05) is 19.7 Å². The maximum Gasteiger partial charge on any atom is 0.409 e. The molecule has 126 valence electrons. The SMILES string of the molecule is CCOC(=O)N1CCC(NC(=O)NCc2ccc(Br)cc2)CC1. The molecule has 0 unspecified atom stereocenters. The Bertz CT molecular complexity index is 528. The molecule has 0 radical (unpaired) electrons. The van der Waals surface area contributed by atoms with Gasteiger partial charge in [0.05, 0.1) is 6.61 Å². The Morgan fingerprint density at radius 1 is 1.26 bits per heavy atom. The first-order chi connectivity index (χ1) is 11.1. The van der Waals surface area contributed by atoms with Gasteiger partial charge in [-0.2, -0.15) is 0 Å². The van der Waals surface area contributed by atoms with E-state index in [-0.39, 0.29) is 18.2 Å². The zero-order valence-electron chi connectivity index (χ0n) is 13.2. The van der Waals surface area contributed by atoms with E-state index < -0.39 is 0 Å². The number of likely N-dealkylation sites (tertiary alicyclic amines) is 1. The first-order valence-corrected chi connectivity index (χ1v) is 8.58. The highest BCUT2D eigenvalue weighted by Crippen LogP contribution is 2.12. The highest BCUT2D eigenvalue weighted by molar-refractivity contribution is 9.10. The molecule has 2 rings (SSSR count). The largest absolute Gasteiger partial charge is 0.450 e. The average Bonchev–Trinajstić information content (AvgIpc) is 2.55. The molecule has 1 saturated heterocycles. The van der Waals surface area contributed by atoms with Gasteiger partial charge in [0.15, 0.2) is 0 Å². The van der Waals surface area contributed by atoms with E-state index in [1.54, 1.807) is 11.8 Å². The zero-order valence-corrected chi connectivity index (χ0v) is 14.8. The molecule has 0 bridgehead atoms. The summed E-state index contributed by atoms with van der Waals surface area (Å²) < 4.78 is 5.99. The van der Waals surface area contributed by atoms with Crippen molar-refractivity contribution in [1.29, 1.82) is 0 Å². The molecule has 1 aliphatic rings. The summed E-state index contributed by atoms with van der Waals surface area (Å²) >= 11 is 3.38. The molecule has 23 heavy (non-hydrogen) atoms. The lowest BCUT2D eigenvalue weighted by atomic mass is 10.1. The maximum atomic E-state index is 11.9. The highest BCUT2D eigenvalue weighted by Gasteiger charge is 2.24. The molecule has 7 heteroatoms. The topological polar surface area (TPSA) is 70.7 Å². The molecule has 1 aliphatic heterocycles. The summed E-state index contributed by atoms with van der Waals surface area (Å²) in [5.41, 5.74) is 1.04. The molecule has 0 aliphatic carbocycles. The Labute approximate surface area is 144 Å². The number of rotatable bonds is 4. The van der Waals surface area contributed by atoms with Gasteiger partial charge in [-0.05, 0) is 37.5 Å². The van der Waals surface area contributed by atoms with Crippen LogP contribution in [0.1, 0.15) is 25.3 Å². The number of carbonyl (C=O) groups is 2. The van der Waals surface area contributed by atoms with Gasteiger partial charge in [0.25, 0.3) is 0 Å². The minimum atomic E-state index is -0.273. The van der Waals surface area contributed by atoms with Gasteiger partial charge in [-0.15, -0.1) is 0 Å². The summed E-state index contributed by atoms with van der Waals surface area (Å²) in [5.74, 6) is 0. The molecule has 1 fully saturated rings. The fraction of sp³-hybridized carbons (Fsp3) is 0.500. The Balaban J connectivity index is 1.68. The number of nitrogens with zero attached hydrogens (tertiary/aromatic N) is 1. The van der Waals surface area contributed by atoms with Crippen LogP contribution in [-0.2, 0) is 11.3 Å². The third-order valence-electron chi connectivity index (χ3n) is 3.72. The number of hydrogen-bond donors (Lipinski definition) is 2. The van der Waals surface area contributed by atoms with Crippen molar-refractivity contribution in [2.24, 2.45) is 0 Å². The van der Waals surface area contributed by atoms with E-state index in [2.05, 4.69) is 26.6 Å². The number of halogens is 1.